The van der Waals surface area contributed by atoms with E-state index in [0.29, 0.717) is 18.9 Å². The standard InChI is InChI=1S/C33H43ClN2O4/c1-4-6-22-15-26(34)11-13-27(22)25-19-36-18-24-9-12-28(24)30(37)8-5-7-21(2)35(3)33(39)17-31(38)23-10-14-32(40-20-25)29(36)16-23/h5,8,10-11,13-16,21,24-25,28,30-31,37-38H,4,6-7,9,12,17-20H2,1-3H3/b8-5+. The fraction of sp³-hybridized carbons (Fsp3) is 0.545. The summed E-state index contributed by atoms with van der Waals surface area (Å²) in [5.74, 6) is 1.39. The van der Waals surface area contributed by atoms with Crippen LogP contribution in [-0.4, -0.2) is 59.9 Å². The first-order valence-corrected chi connectivity index (χ1v) is 15.2. The summed E-state index contributed by atoms with van der Waals surface area (Å²) < 4.78 is 6.44. The van der Waals surface area contributed by atoms with Gasteiger partial charge in [0.2, 0.25) is 5.91 Å². The molecule has 2 aromatic rings. The Bertz CT molecular complexity index is 1230. The van der Waals surface area contributed by atoms with Crippen LogP contribution in [0.2, 0.25) is 5.02 Å². The van der Waals surface area contributed by atoms with E-state index in [0.717, 1.165) is 60.8 Å². The third-order valence-corrected chi connectivity index (χ3v) is 9.49. The molecule has 0 aromatic heterocycles. The van der Waals surface area contributed by atoms with Gasteiger partial charge in [-0.25, -0.2) is 0 Å². The zero-order valence-corrected chi connectivity index (χ0v) is 24.7. The molecule has 2 bridgehead atoms. The number of aryl methyl sites for hydroxylation is 1. The topological polar surface area (TPSA) is 73.2 Å². The van der Waals surface area contributed by atoms with Gasteiger partial charge in [-0.15, -0.1) is 0 Å². The van der Waals surface area contributed by atoms with Gasteiger partial charge in [0.1, 0.15) is 5.75 Å². The van der Waals surface area contributed by atoms with E-state index in [-0.39, 0.29) is 30.2 Å². The number of halogens is 1. The molecule has 1 aliphatic carbocycles. The summed E-state index contributed by atoms with van der Waals surface area (Å²) in [6, 6.07) is 12.0. The largest absolute Gasteiger partial charge is 0.491 e. The van der Waals surface area contributed by atoms with Crippen LogP contribution in [0.4, 0.5) is 5.69 Å². The molecule has 40 heavy (non-hydrogen) atoms. The second-order valence-corrected chi connectivity index (χ2v) is 12.4. The molecule has 0 radical (unpaired) electrons. The molecule has 0 spiro atoms. The molecule has 2 aromatic carbocycles. The molecule has 6 nitrogen and oxygen atoms in total. The van der Waals surface area contributed by atoms with E-state index in [9.17, 15) is 15.0 Å². The summed E-state index contributed by atoms with van der Waals surface area (Å²) >= 11 is 6.39. The average molecular weight is 567 g/mol. The normalized spacial score (nSPS) is 30.1. The number of fused-ring (bicyclic) bond motifs is 2. The van der Waals surface area contributed by atoms with Gasteiger partial charge in [0, 0.05) is 37.1 Å². The molecular weight excluding hydrogens is 524 g/mol. The Hall–Kier alpha value is -2.54. The van der Waals surface area contributed by atoms with Crippen LogP contribution >= 0.6 is 11.6 Å². The number of hydrogen-bond acceptors (Lipinski definition) is 5. The van der Waals surface area contributed by atoms with Crippen molar-refractivity contribution in [3.8, 4) is 5.75 Å². The van der Waals surface area contributed by atoms with Crippen molar-refractivity contribution < 1.29 is 19.7 Å². The number of carbonyl (C=O) groups excluding carboxylic acids is 1. The number of amides is 1. The number of anilines is 1. The van der Waals surface area contributed by atoms with Gasteiger partial charge in [-0.3, -0.25) is 4.79 Å². The molecule has 5 rings (SSSR count). The number of carbonyl (C=O) groups is 1. The molecule has 216 valence electrons. The third-order valence-electron chi connectivity index (χ3n) is 9.26. The molecule has 1 fully saturated rings. The number of aliphatic hydroxyl groups is 2. The number of rotatable bonds is 3. The van der Waals surface area contributed by atoms with Crippen LogP contribution in [0.5, 0.6) is 5.75 Å². The lowest BCUT2D eigenvalue weighted by molar-refractivity contribution is -0.133. The summed E-state index contributed by atoms with van der Waals surface area (Å²) in [6.45, 7) is 6.29. The van der Waals surface area contributed by atoms with Gasteiger partial charge in [-0.2, -0.15) is 0 Å². The molecule has 2 N–H and O–H groups in total. The average Bonchev–Trinajstić information content (AvgIpc) is 3.09. The zero-order chi connectivity index (χ0) is 28.4. The van der Waals surface area contributed by atoms with Crippen LogP contribution in [0.1, 0.15) is 74.7 Å². The molecule has 1 amide bonds. The fourth-order valence-electron chi connectivity index (χ4n) is 6.48. The van der Waals surface area contributed by atoms with Crippen LogP contribution in [0, 0.1) is 11.8 Å². The highest BCUT2D eigenvalue weighted by Crippen LogP contribution is 2.43. The number of benzene rings is 2. The summed E-state index contributed by atoms with van der Waals surface area (Å²) in [4.78, 5) is 17.1. The van der Waals surface area contributed by atoms with Crippen LogP contribution in [-0.2, 0) is 11.2 Å². The van der Waals surface area contributed by atoms with Crippen LogP contribution in [0.15, 0.2) is 48.6 Å². The number of ether oxygens (including phenoxy) is 1. The lowest BCUT2D eigenvalue weighted by Gasteiger charge is -2.42. The summed E-state index contributed by atoms with van der Waals surface area (Å²) in [6.07, 6.45) is 7.27. The van der Waals surface area contributed by atoms with E-state index < -0.39 is 12.2 Å². The molecule has 6 atom stereocenters. The Labute approximate surface area is 243 Å². The van der Waals surface area contributed by atoms with Crippen molar-refractivity contribution in [2.45, 2.75) is 76.5 Å². The first-order valence-electron chi connectivity index (χ1n) is 14.8. The SMILES string of the molecule is CCCc1cc(Cl)ccc1C1COc2ccc3cc2N(C1)CC1CCC1C(O)/C=C/CC(C)N(C)C(=O)CC3O. The first kappa shape index (κ1) is 29.0. The van der Waals surface area contributed by atoms with E-state index in [2.05, 4.69) is 24.0 Å². The van der Waals surface area contributed by atoms with Crippen molar-refractivity contribution in [1.29, 1.82) is 0 Å². The van der Waals surface area contributed by atoms with Gasteiger partial charge < -0.3 is 24.7 Å². The summed E-state index contributed by atoms with van der Waals surface area (Å²) in [7, 11) is 1.78. The monoisotopic (exact) mass is 566 g/mol. The van der Waals surface area contributed by atoms with Crippen LogP contribution in [0.3, 0.4) is 0 Å². The molecule has 2 heterocycles. The third kappa shape index (κ3) is 6.19. The highest BCUT2D eigenvalue weighted by molar-refractivity contribution is 6.30. The van der Waals surface area contributed by atoms with Crippen molar-refractivity contribution in [3.05, 3.63) is 70.3 Å². The minimum atomic E-state index is -0.900. The minimum absolute atomic E-state index is 0.0191. The Kier molecular flexibility index (Phi) is 9.08. The summed E-state index contributed by atoms with van der Waals surface area (Å²) in [5.41, 5.74) is 4.19. The number of aliphatic hydroxyl groups excluding tert-OH is 2. The van der Waals surface area contributed by atoms with Gasteiger partial charge in [-0.05, 0) is 85.4 Å². The first-order chi connectivity index (χ1) is 19.2. The maximum atomic E-state index is 13.0. The lowest BCUT2D eigenvalue weighted by atomic mass is 9.70. The van der Waals surface area contributed by atoms with E-state index in [4.69, 9.17) is 16.3 Å². The molecule has 6 unspecified atom stereocenters. The van der Waals surface area contributed by atoms with Gasteiger partial charge in [-0.1, -0.05) is 49.2 Å². The predicted molar refractivity (Wildman–Crippen MR) is 160 cm³/mol. The zero-order valence-electron chi connectivity index (χ0n) is 23.9. The van der Waals surface area contributed by atoms with Crippen LogP contribution in [0.25, 0.3) is 0 Å². The molecule has 7 heteroatoms. The van der Waals surface area contributed by atoms with Crippen molar-refractivity contribution in [1.82, 2.24) is 4.90 Å². The highest BCUT2D eigenvalue weighted by Gasteiger charge is 2.38. The minimum Gasteiger partial charge on any atom is -0.491 e. The van der Waals surface area contributed by atoms with E-state index >= 15 is 0 Å². The smallest absolute Gasteiger partial charge is 0.225 e. The van der Waals surface area contributed by atoms with Gasteiger partial charge in [0.15, 0.2) is 0 Å². The van der Waals surface area contributed by atoms with E-state index in [1.807, 2.05) is 43.3 Å². The molecule has 0 saturated heterocycles. The predicted octanol–water partition coefficient (Wildman–Crippen LogP) is 5.89. The Morgan fingerprint density at radius 1 is 1.10 bits per heavy atom. The van der Waals surface area contributed by atoms with Gasteiger partial charge in [0.05, 0.1) is 30.9 Å². The second-order valence-electron chi connectivity index (χ2n) is 12.0. The Morgan fingerprint density at radius 2 is 1.93 bits per heavy atom. The quantitative estimate of drug-likeness (QED) is 0.453. The van der Waals surface area contributed by atoms with Crippen molar-refractivity contribution in [3.63, 3.8) is 0 Å². The van der Waals surface area contributed by atoms with E-state index in [1.165, 1.54) is 11.1 Å². The van der Waals surface area contributed by atoms with Crippen molar-refractivity contribution in [2.24, 2.45) is 11.8 Å². The highest BCUT2D eigenvalue weighted by atomic mass is 35.5. The summed E-state index contributed by atoms with van der Waals surface area (Å²) in [5, 5.41) is 22.9. The maximum absolute atomic E-state index is 13.0. The molecule has 3 aliphatic rings. The molecule has 2 aliphatic heterocycles. The number of nitrogens with zero attached hydrogens (tertiary/aromatic N) is 2. The van der Waals surface area contributed by atoms with Crippen LogP contribution < -0.4 is 9.64 Å². The Balaban J connectivity index is 1.52. The van der Waals surface area contributed by atoms with Crippen molar-refractivity contribution >= 4 is 23.2 Å². The molecule has 1 saturated carbocycles. The second kappa shape index (κ2) is 12.5. The van der Waals surface area contributed by atoms with Gasteiger partial charge >= 0.3 is 0 Å². The molecular formula is C33H43ClN2O4. The fourth-order valence-corrected chi connectivity index (χ4v) is 6.68. The lowest BCUT2D eigenvalue weighted by Crippen LogP contribution is -2.44. The Morgan fingerprint density at radius 3 is 2.67 bits per heavy atom. The number of hydrogen-bond donors (Lipinski definition) is 2. The van der Waals surface area contributed by atoms with Gasteiger partial charge in [0.25, 0.3) is 0 Å². The van der Waals surface area contributed by atoms with Crippen molar-refractivity contribution in [2.75, 3.05) is 31.6 Å². The van der Waals surface area contributed by atoms with E-state index in [1.54, 1.807) is 11.9 Å². The maximum Gasteiger partial charge on any atom is 0.225 e.